The molecule has 1 aliphatic rings. The second kappa shape index (κ2) is 7.11. The van der Waals surface area contributed by atoms with Crippen molar-refractivity contribution in [2.75, 3.05) is 29.9 Å². The first-order chi connectivity index (χ1) is 12.3. The minimum atomic E-state index is 0.287. The van der Waals surface area contributed by atoms with E-state index in [0.29, 0.717) is 12.5 Å². The molecule has 0 saturated carbocycles. The molecule has 1 saturated heterocycles. The van der Waals surface area contributed by atoms with Crippen LogP contribution in [0, 0.1) is 5.92 Å². The number of fused-ring (bicyclic) bond motifs is 1. The summed E-state index contributed by atoms with van der Waals surface area (Å²) in [6.45, 7) is 2.82. The lowest BCUT2D eigenvalue weighted by Crippen LogP contribution is -2.35. The molecule has 2 N–H and O–H groups in total. The molecule has 0 unspecified atom stereocenters. The third-order valence-electron chi connectivity index (χ3n) is 4.83. The second-order valence-electron chi connectivity index (χ2n) is 6.54. The summed E-state index contributed by atoms with van der Waals surface area (Å²) in [4.78, 5) is 11.5. The van der Waals surface area contributed by atoms with Crippen LogP contribution in [0.25, 0.3) is 5.65 Å². The number of aliphatic hydroxyl groups excluding tert-OH is 1. The van der Waals surface area contributed by atoms with Gasteiger partial charge in [0, 0.05) is 38.3 Å². The van der Waals surface area contributed by atoms with Gasteiger partial charge in [0.25, 0.3) is 0 Å². The lowest BCUT2D eigenvalue weighted by molar-refractivity contribution is 0.203. The van der Waals surface area contributed by atoms with Gasteiger partial charge in [0.05, 0.1) is 17.9 Å². The molecule has 0 radical (unpaired) electrons. The molecular formula is C19H23N5O. The number of anilines is 2. The highest BCUT2D eigenvalue weighted by atomic mass is 16.3. The van der Waals surface area contributed by atoms with E-state index in [4.69, 9.17) is 0 Å². The average molecular weight is 337 g/mol. The molecule has 0 aromatic carbocycles. The minimum absolute atomic E-state index is 0.287. The highest BCUT2D eigenvalue weighted by molar-refractivity contribution is 5.65. The van der Waals surface area contributed by atoms with Gasteiger partial charge in [-0.15, -0.1) is 0 Å². The number of aromatic nitrogens is 3. The van der Waals surface area contributed by atoms with Gasteiger partial charge in [0.2, 0.25) is 0 Å². The Hall–Kier alpha value is -2.60. The standard InChI is InChI=1S/C19H23N5O/c25-14-15-6-10-23(11-7-15)19-17(4-3-8-20-19)21-12-16-13-24-9-2-1-5-18(24)22-16/h1-5,8-9,13,15,21,25H,6-7,10-12,14H2. The van der Waals surface area contributed by atoms with Crippen LogP contribution in [0.5, 0.6) is 0 Å². The molecule has 4 rings (SSSR count). The van der Waals surface area contributed by atoms with Crippen LogP contribution in [0.3, 0.4) is 0 Å². The van der Waals surface area contributed by atoms with Gasteiger partial charge in [0.15, 0.2) is 5.82 Å². The van der Waals surface area contributed by atoms with Crippen molar-refractivity contribution in [3.63, 3.8) is 0 Å². The average Bonchev–Trinajstić information content (AvgIpc) is 3.10. The van der Waals surface area contributed by atoms with Gasteiger partial charge in [0.1, 0.15) is 5.65 Å². The van der Waals surface area contributed by atoms with Crippen LogP contribution in [-0.2, 0) is 6.54 Å². The number of aliphatic hydroxyl groups is 1. The number of nitrogens with zero attached hydrogens (tertiary/aromatic N) is 4. The van der Waals surface area contributed by atoms with Gasteiger partial charge in [-0.25, -0.2) is 9.97 Å². The number of imidazole rings is 1. The normalized spacial score (nSPS) is 15.6. The second-order valence-corrected chi connectivity index (χ2v) is 6.54. The summed E-state index contributed by atoms with van der Waals surface area (Å²) in [6, 6.07) is 10.0. The Morgan fingerprint density at radius 1 is 1.16 bits per heavy atom. The van der Waals surface area contributed by atoms with Crippen molar-refractivity contribution < 1.29 is 5.11 Å². The zero-order valence-electron chi connectivity index (χ0n) is 14.2. The van der Waals surface area contributed by atoms with Gasteiger partial charge < -0.3 is 19.7 Å². The van der Waals surface area contributed by atoms with Crippen molar-refractivity contribution in [2.45, 2.75) is 19.4 Å². The fraction of sp³-hybridized carbons (Fsp3) is 0.368. The fourth-order valence-electron chi connectivity index (χ4n) is 3.37. The number of hydrogen-bond acceptors (Lipinski definition) is 5. The molecule has 6 heteroatoms. The molecule has 1 aliphatic heterocycles. The number of nitrogens with one attached hydrogen (secondary N) is 1. The zero-order valence-corrected chi connectivity index (χ0v) is 14.2. The van der Waals surface area contributed by atoms with Crippen LogP contribution < -0.4 is 10.2 Å². The largest absolute Gasteiger partial charge is 0.396 e. The molecule has 0 spiro atoms. The summed E-state index contributed by atoms with van der Waals surface area (Å²) in [5.41, 5.74) is 2.98. The molecule has 3 aromatic heterocycles. The van der Waals surface area contributed by atoms with Gasteiger partial charge in [-0.05, 0) is 43.0 Å². The lowest BCUT2D eigenvalue weighted by atomic mass is 9.98. The van der Waals surface area contributed by atoms with Gasteiger partial charge >= 0.3 is 0 Å². The van der Waals surface area contributed by atoms with Crippen LogP contribution in [0.2, 0.25) is 0 Å². The first-order valence-corrected chi connectivity index (χ1v) is 8.81. The first-order valence-electron chi connectivity index (χ1n) is 8.81. The number of rotatable bonds is 5. The highest BCUT2D eigenvalue weighted by Crippen LogP contribution is 2.27. The number of piperidine rings is 1. The third-order valence-corrected chi connectivity index (χ3v) is 4.83. The SMILES string of the molecule is OCC1CCN(c2ncccc2NCc2cn3ccccc3n2)CC1. The molecular weight excluding hydrogens is 314 g/mol. The van der Waals surface area contributed by atoms with Crippen molar-refractivity contribution in [1.29, 1.82) is 0 Å². The summed E-state index contributed by atoms with van der Waals surface area (Å²) < 4.78 is 2.03. The third kappa shape index (κ3) is 3.44. The fourth-order valence-corrected chi connectivity index (χ4v) is 3.37. The zero-order chi connectivity index (χ0) is 17.1. The quantitative estimate of drug-likeness (QED) is 0.749. The molecule has 0 bridgehead atoms. The van der Waals surface area contributed by atoms with Gasteiger partial charge in [-0.2, -0.15) is 0 Å². The van der Waals surface area contributed by atoms with Crippen molar-refractivity contribution in [2.24, 2.45) is 5.92 Å². The highest BCUT2D eigenvalue weighted by Gasteiger charge is 2.21. The Morgan fingerprint density at radius 3 is 2.84 bits per heavy atom. The smallest absolute Gasteiger partial charge is 0.151 e. The lowest BCUT2D eigenvalue weighted by Gasteiger charge is -2.33. The summed E-state index contributed by atoms with van der Waals surface area (Å²) in [6.07, 6.45) is 7.92. The van der Waals surface area contributed by atoms with E-state index < -0.39 is 0 Å². The van der Waals surface area contributed by atoms with Crippen molar-refractivity contribution in [1.82, 2.24) is 14.4 Å². The Labute approximate surface area is 147 Å². The summed E-state index contributed by atoms with van der Waals surface area (Å²) >= 11 is 0. The first kappa shape index (κ1) is 15.9. The maximum absolute atomic E-state index is 9.32. The Morgan fingerprint density at radius 2 is 2.04 bits per heavy atom. The van der Waals surface area contributed by atoms with Crippen LogP contribution in [0.15, 0.2) is 48.9 Å². The van der Waals surface area contributed by atoms with Crippen LogP contribution in [0.1, 0.15) is 18.5 Å². The van der Waals surface area contributed by atoms with Crippen molar-refractivity contribution >= 4 is 17.2 Å². The predicted octanol–water partition coefficient (Wildman–Crippen LogP) is 2.55. The van der Waals surface area contributed by atoms with Crippen LogP contribution in [-0.4, -0.2) is 39.2 Å². The number of hydrogen-bond donors (Lipinski definition) is 2. The molecule has 3 aromatic rings. The van der Waals surface area contributed by atoms with E-state index in [1.54, 1.807) is 0 Å². The maximum Gasteiger partial charge on any atom is 0.151 e. The molecule has 1 fully saturated rings. The van der Waals surface area contributed by atoms with E-state index in [1.807, 2.05) is 47.3 Å². The van der Waals surface area contributed by atoms with Crippen molar-refractivity contribution in [3.05, 3.63) is 54.6 Å². The van der Waals surface area contributed by atoms with E-state index in [1.165, 1.54) is 0 Å². The van der Waals surface area contributed by atoms with Gasteiger partial charge in [-0.1, -0.05) is 6.07 Å². The monoisotopic (exact) mass is 337 g/mol. The molecule has 130 valence electrons. The minimum Gasteiger partial charge on any atom is -0.396 e. The van der Waals surface area contributed by atoms with E-state index in [-0.39, 0.29) is 6.61 Å². The van der Waals surface area contributed by atoms with E-state index in [2.05, 4.69) is 26.3 Å². The Balaban J connectivity index is 1.47. The predicted molar refractivity (Wildman–Crippen MR) is 98.8 cm³/mol. The van der Waals surface area contributed by atoms with E-state index in [9.17, 15) is 5.11 Å². The molecule has 4 heterocycles. The Kier molecular flexibility index (Phi) is 4.52. The number of pyridine rings is 2. The molecule has 0 atom stereocenters. The van der Waals surface area contributed by atoms with E-state index in [0.717, 1.165) is 48.8 Å². The summed E-state index contributed by atoms with van der Waals surface area (Å²) in [7, 11) is 0. The van der Waals surface area contributed by atoms with Crippen molar-refractivity contribution in [3.8, 4) is 0 Å². The van der Waals surface area contributed by atoms with Crippen LogP contribution in [0.4, 0.5) is 11.5 Å². The summed E-state index contributed by atoms with van der Waals surface area (Å²) in [5, 5.41) is 12.8. The maximum atomic E-state index is 9.32. The van der Waals surface area contributed by atoms with E-state index >= 15 is 0 Å². The summed E-state index contributed by atoms with van der Waals surface area (Å²) in [5.74, 6) is 1.41. The molecule has 25 heavy (non-hydrogen) atoms. The molecule has 0 amide bonds. The molecule has 6 nitrogen and oxygen atoms in total. The van der Waals surface area contributed by atoms with Crippen LogP contribution >= 0.6 is 0 Å². The molecule has 0 aliphatic carbocycles. The van der Waals surface area contributed by atoms with Gasteiger partial charge in [-0.3, -0.25) is 0 Å². The Bertz CT molecular complexity index is 805. The topological polar surface area (TPSA) is 65.7 Å².